The van der Waals surface area contributed by atoms with Crippen molar-refractivity contribution in [3.05, 3.63) is 34.6 Å². The summed E-state index contributed by atoms with van der Waals surface area (Å²) in [6.07, 6.45) is 0. The van der Waals surface area contributed by atoms with Crippen LogP contribution >= 0.6 is 0 Å². The minimum absolute atomic E-state index is 0.707. The highest BCUT2D eigenvalue weighted by Crippen LogP contribution is 2.22. The summed E-state index contributed by atoms with van der Waals surface area (Å²) in [5.74, 6) is -11.9. The Bertz CT molecular complexity index is 384. The molecule has 76 valence electrons. The number of rotatable bonds is 1. The van der Waals surface area contributed by atoms with E-state index in [4.69, 9.17) is 0 Å². The fourth-order valence-electron chi connectivity index (χ4n) is 0.914. The second kappa shape index (κ2) is 3.36. The van der Waals surface area contributed by atoms with Gasteiger partial charge in [-0.3, -0.25) is 4.79 Å². The topological polar surface area (TPSA) is 17.1 Å². The van der Waals surface area contributed by atoms with Crippen molar-refractivity contribution in [3.63, 3.8) is 0 Å². The first-order valence-corrected chi connectivity index (χ1v) is 3.40. The smallest absolute Gasteiger partial charge is 0.200 e. The van der Waals surface area contributed by atoms with Gasteiger partial charge in [0.15, 0.2) is 29.1 Å². The minimum atomic E-state index is -2.27. The molecule has 0 saturated heterocycles. The van der Waals surface area contributed by atoms with Crippen molar-refractivity contribution in [1.82, 2.24) is 0 Å². The summed E-state index contributed by atoms with van der Waals surface area (Å²) in [6.45, 7) is 0.707. The van der Waals surface area contributed by atoms with E-state index in [2.05, 4.69) is 0 Å². The van der Waals surface area contributed by atoms with E-state index >= 15 is 0 Å². The van der Waals surface area contributed by atoms with Crippen LogP contribution in [0.3, 0.4) is 0 Å². The Morgan fingerprint density at radius 1 is 0.786 bits per heavy atom. The molecule has 1 nitrogen and oxygen atoms in total. The first-order chi connectivity index (χ1) is 6.37. The zero-order chi connectivity index (χ0) is 11.0. The van der Waals surface area contributed by atoms with Gasteiger partial charge in [-0.05, 0) is 6.92 Å². The molecule has 14 heavy (non-hydrogen) atoms. The van der Waals surface area contributed by atoms with Crippen LogP contribution in [0.15, 0.2) is 0 Å². The number of halogens is 5. The van der Waals surface area contributed by atoms with Gasteiger partial charge in [-0.15, -0.1) is 0 Å². The van der Waals surface area contributed by atoms with Crippen LogP contribution < -0.4 is 0 Å². The molecule has 0 aliphatic rings. The van der Waals surface area contributed by atoms with Gasteiger partial charge < -0.3 is 0 Å². The fourth-order valence-corrected chi connectivity index (χ4v) is 0.914. The van der Waals surface area contributed by atoms with Crippen LogP contribution in [0.1, 0.15) is 17.3 Å². The first-order valence-electron chi connectivity index (χ1n) is 3.40. The van der Waals surface area contributed by atoms with Crippen LogP contribution in [-0.2, 0) is 0 Å². The number of Topliss-reactive ketones (excluding diaryl/α,β-unsaturated/α-hetero) is 1. The molecular formula is C8H3F5O. The third-order valence-electron chi connectivity index (χ3n) is 1.56. The van der Waals surface area contributed by atoms with E-state index in [1.807, 2.05) is 0 Å². The molecule has 0 aliphatic heterocycles. The van der Waals surface area contributed by atoms with Gasteiger partial charge in [-0.1, -0.05) is 0 Å². The van der Waals surface area contributed by atoms with Crippen LogP contribution in [0.5, 0.6) is 0 Å². The standard InChI is InChI=1S/C8H3F5O/c1-2(14)3-4(9)6(11)8(13)7(12)5(3)10/h1H3/i13-1. The number of hydrogen-bond donors (Lipinski definition) is 0. The SMILES string of the molecule is CC(=O)c1c(F)c(F)c([18F])c(F)c1F. The summed E-state index contributed by atoms with van der Waals surface area (Å²) in [5.41, 5.74) is -1.42. The average molecular weight is 209 g/mol. The molecule has 0 unspecified atom stereocenters. The molecule has 0 aliphatic carbocycles. The maximum atomic E-state index is 12.7. The van der Waals surface area contributed by atoms with Crippen molar-refractivity contribution in [2.24, 2.45) is 0 Å². The predicted octanol–water partition coefficient (Wildman–Crippen LogP) is 2.58. The second-order valence-electron chi connectivity index (χ2n) is 2.50. The minimum Gasteiger partial charge on any atom is -0.294 e. The highest BCUT2D eigenvalue weighted by atomic mass is 19.2. The molecule has 0 amide bonds. The van der Waals surface area contributed by atoms with E-state index < -0.39 is 40.4 Å². The summed E-state index contributed by atoms with van der Waals surface area (Å²) in [6, 6.07) is 0. The average Bonchev–Trinajstić information content (AvgIpc) is 2.11. The second-order valence-corrected chi connectivity index (χ2v) is 2.50. The molecule has 0 fully saturated rings. The largest absolute Gasteiger partial charge is 0.294 e. The molecule has 0 radical (unpaired) electrons. The van der Waals surface area contributed by atoms with Crippen molar-refractivity contribution >= 4 is 5.78 Å². The molecule has 0 aromatic heterocycles. The first kappa shape index (κ1) is 10.6. The molecule has 0 atom stereocenters. The number of hydrogen-bond acceptors (Lipinski definition) is 1. The van der Waals surface area contributed by atoms with E-state index in [1.54, 1.807) is 0 Å². The third kappa shape index (κ3) is 1.36. The fraction of sp³-hybridized carbons (Fsp3) is 0.125. The van der Waals surface area contributed by atoms with Gasteiger partial charge in [0.1, 0.15) is 0 Å². The Kier molecular flexibility index (Phi) is 2.55. The Morgan fingerprint density at radius 2 is 1.07 bits per heavy atom. The highest BCUT2D eigenvalue weighted by molar-refractivity contribution is 5.94. The molecule has 6 heteroatoms. The third-order valence-corrected chi connectivity index (χ3v) is 1.56. The lowest BCUT2D eigenvalue weighted by Gasteiger charge is -2.04. The Labute approximate surface area is 75.2 Å². The van der Waals surface area contributed by atoms with E-state index in [0.29, 0.717) is 6.92 Å². The number of carbonyl (C=O) groups excluding carboxylic acids is 1. The molecule has 0 heterocycles. The number of ketones is 1. The van der Waals surface area contributed by atoms with E-state index in [1.165, 1.54) is 0 Å². The predicted molar refractivity (Wildman–Crippen MR) is 36.2 cm³/mol. The maximum Gasteiger partial charge on any atom is 0.200 e. The zero-order valence-corrected chi connectivity index (χ0v) is 6.80. The zero-order valence-electron chi connectivity index (χ0n) is 6.80. The van der Waals surface area contributed by atoms with Crippen LogP contribution in [0.4, 0.5) is 22.0 Å². The summed E-state index contributed by atoms with van der Waals surface area (Å²) < 4.78 is 62.7. The van der Waals surface area contributed by atoms with Crippen molar-refractivity contribution in [2.75, 3.05) is 0 Å². The molecule has 0 N–H and O–H groups in total. The van der Waals surface area contributed by atoms with Crippen molar-refractivity contribution < 1.29 is 26.7 Å². The van der Waals surface area contributed by atoms with Gasteiger partial charge in [0.05, 0.1) is 5.56 Å². The van der Waals surface area contributed by atoms with Gasteiger partial charge in [0.25, 0.3) is 0 Å². The van der Waals surface area contributed by atoms with Crippen LogP contribution in [-0.4, -0.2) is 5.78 Å². The molecule has 0 spiro atoms. The van der Waals surface area contributed by atoms with Gasteiger partial charge in [-0.25, -0.2) is 22.0 Å². The molecule has 1 aromatic carbocycles. The van der Waals surface area contributed by atoms with E-state index in [9.17, 15) is 26.7 Å². The highest BCUT2D eigenvalue weighted by Gasteiger charge is 2.27. The van der Waals surface area contributed by atoms with Crippen molar-refractivity contribution in [3.8, 4) is 0 Å². The monoisotopic (exact) mass is 209 g/mol. The lowest BCUT2D eigenvalue weighted by molar-refractivity contribution is 0.100. The van der Waals surface area contributed by atoms with E-state index in [-0.39, 0.29) is 0 Å². The lowest BCUT2D eigenvalue weighted by Crippen LogP contribution is -2.10. The number of carbonyl (C=O) groups is 1. The Hall–Kier alpha value is -1.46. The molecule has 0 saturated carbocycles. The maximum absolute atomic E-state index is 12.7. The van der Waals surface area contributed by atoms with Gasteiger partial charge in [0.2, 0.25) is 5.82 Å². The molecule has 1 aromatic rings. The molecule has 0 bridgehead atoms. The summed E-state index contributed by atoms with van der Waals surface area (Å²) >= 11 is 0. The summed E-state index contributed by atoms with van der Waals surface area (Å²) in [7, 11) is 0. The van der Waals surface area contributed by atoms with Crippen molar-refractivity contribution in [1.29, 1.82) is 0 Å². The van der Waals surface area contributed by atoms with E-state index in [0.717, 1.165) is 0 Å². The Morgan fingerprint density at radius 3 is 1.36 bits per heavy atom. The van der Waals surface area contributed by atoms with Crippen LogP contribution in [0.25, 0.3) is 0 Å². The summed E-state index contributed by atoms with van der Waals surface area (Å²) in [4.78, 5) is 10.6. The van der Waals surface area contributed by atoms with Gasteiger partial charge in [0, 0.05) is 0 Å². The number of benzene rings is 1. The summed E-state index contributed by atoms with van der Waals surface area (Å²) in [5, 5.41) is 0. The normalized spacial score (nSPS) is 10.4. The van der Waals surface area contributed by atoms with Crippen LogP contribution in [0.2, 0.25) is 0 Å². The lowest BCUT2D eigenvalue weighted by atomic mass is 10.1. The molecule has 1 rings (SSSR count). The van der Waals surface area contributed by atoms with Crippen LogP contribution in [0, 0.1) is 29.1 Å². The van der Waals surface area contributed by atoms with Gasteiger partial charge in [-0.2, -0.15) is 0 Å². The van der Waals surface area contributed by atoms with Gasteiger partial charge >= 0.3 is 0 Å². The quantitative estimate of drug-likeness (QED) is 0.300. The Balaban J connectivity index is 3.68. The van der Waals surface area contributed by atoms with Crippen molar-refractivity contribution in [2.45, 2.75) is 6.92 Å². The molecular weight excluding hydrogens is 206 g/mol.